The number of hydrogen-bond donors (Lipinski definition) is 2. The van der Waals surface area contributed by atoms with Crippen LogP contribution in [0.25, 0.3) is 10.2 Å². The topological polar surface area (TPSA) is 72.9 Å². The van der Waals surface area contributed by atoms with Crippen molar-refractivity contribution in [1.29, 1.82) is 0 Å². The molecule has 1 amide bonds. The Labute approximate surface area is 122 Å². The Kier molecular flexibility index (Phi) is 3.30. The molecule has 0 saturated heterocycles. The van der Waals surface area contributed by atoms with Crippen LogP contribution >= 0.6 is 11.3 Å². The number of hydrogen-bond acceptors (Lipinski definition) is 4. The number of fused-ring (bicyclic) bond motifs is 1. The van der Waals surface area contributed by atoms with Crippen molar-refractivity contribution in [3.05, 3.63) is 16.6 Å². The fraction of sp³-hybridized carbons (Fsp3) is 0.571. The Balaban J connectivity index is 1.87. The second-order valence-electron chi connectivity index (χ2n) is 5.68. The van der Waals surface area contributed by atoms with Crippen molar-refractivity contribution in [2.75, 3.05) is 6.54 Å². The van der Waals surface area contributed by atoms with Crippen LogP contribution in [0.5, 0.6) is 0 Å². The predicted molar refractivity (Wildman–Crippen MR) is 81.0 cm³/mol. The minimum Gasteiger partial charge on any atom is -0.345 e. The summed E-state index contributed by atoms with van der Waals surface area (Å²) < 4.78 is 1.83. The van der Waals surface area contributed by atoms with Crippen LogP contribution in [0.4, 0.5) is 0 Å². The number of amides is 1. The third-order valence-electron chi connectivity index (χ3n) is 4.25. The lowest BCUT2D eigenvalue weighted by atomic mass is 9.98. The lowest BCUT2D eigenvalue weighted by Crippen LogP contribution is -2.51. The fourth-order valence-electron chi connectivity index (χ4n) is 3.05. The van der Waals surface area contributed by atoms with Gasteiger partial charge < -0.3 is 11.1 Å². The molecule has 2 aromatic heterocycles. The number of rotatable bonds is 3. The highest BCUT2D eigenvalue weighted by molar-refractivity contribution is 7.20. The summed E-state index contributed by atoms with van der Waals surface area (Å²) in [6, 6.07) is 1.94. The van der Waals surface area contributed by atoms with Gasteiger partial charge in [0.25, 0.3) is 5.91 Å². The Morgan fingerprint density at radius 2 is 2.25 bits per heavy atom. The lowest BCUT2D eigenvalue weighted by molar-refractivity contribution is 0.0907. The number of carbonyl (C=O) groups excluding carboxylic acids is 1. The highest BCUT2D eigenvalue weighted by atomic mass is 32.1. The maximum absolute atomic E-state index is 12.5. The van der Waals surface area contributed by atoms with Crippen LogP contribution in [0, 0.1) is 6.92 Å². The highest BCUT2D eigenvalue weighted by Gasteiger charge is 2.34. The Bertz CT molecular complexity index is 617. The number of nitrogens with zero attached hydrogens (tertiary/aromatic N) is 2. The van der Waals surface area contributed by atoms with Gasteiger partial charge in [-0.2, -0.15) is 5.10 Å². The molecule has 0 radical (unpaired) electrons. The van der Waals surface area contributed by atoms with Gasteiger partial charge in [-0.25, -0.2) is 0 Å². The van der Waals surface area contributed by atoms with E-state index in [4.69, 9.17) is 5.73 Å². The van der Waals surface area contributed by atoms with Gasteiger partial charge in [0.15, 0.2) is 0 Å². The largest absolute Gasteiger partial charge is 0.345 e. The van der Waals surface area contributed by atoms with Gasteiger partial charge in [0, 0.05) is 19.0 Å². The zero-order valence-electron chi connectivity index (χ0n) is 11.9. The van der Waals surface area contributed by atoms with Crippen molar-refractivity contribution >= 4 is 27.5 Å². The summed E-state index contributed by atoms with van der Waals surface area (Å²) in [4.78, 5) is 14.3. The van der Waals surface area contributed by atoms with Gasteiger partial charge in [0.2, 0.25) is 0 Å². The van der Waals surface area contributed by atoms with E-state index in [0.717, 1.165) is 46.5 Å². The van der Waals surface area contributed by atoms with Gasteiger partial charge in [0.05, 0.1) is 16.1 Å². The summed E-state index contributed by atoms with van der Waals surface area (Å²) in [7, 11) is 1.91. The molecule has 2 heterocycles. The fourth-order valence-corrected chi connectivity index (χ4v) is 4.07. The number of nitrogens with one attached hydrogen (secondary N) is 1. The van der Waals surface area contributed by atoms with E-state index in [1.165, 1.54) is 11.3 Å². The van der Waals surface area contributed by atoms with Gasteiger partial charge in [-0.05, 0) is 25.8 Å². The molecule has 0 unspecified atom stereocenters. The highest BCUT2D eigenvalue weighted by Crippen LogP contribution is 2.31. The molecule has 0 aliphatic heterocycles. The van der Waals surface area contributed by atoms with E-state index in [0.29, 0.717) is 6.54 Å². The van der Waals surface area contributed by atoms with Crippen LogP contribution in [0.1, 0.15) is 41.0 Å². The molecule has 5 nitrogen and oxygen atoms in total. The van der Waals surface area contributed by atoms with Crippen molar-refractivity contribution in [1.82, 2.24) is 15.1 Å². The first-order valence-corrected chi connectivity index (χ1v) is 7.82. The summed E-state index contributed by atoms with van der Waals surface area (Å²) in [5, 5.41) is 8.59. The quantitative estimate of drug-likeness (QED) is 0.908. The van der Waals surface area contributed by atoms with Crippen molar-refractivity contribution < 1.29 is 4.79 Å². The summed E-state index contributed by atoms with van der Waals surface area (Å²) in [6.45, 7) is 2.49. The van der Waals surface area contributed by atoms with Crippen LogP contribution in [0.2, 0.25) is 0 Å². The van der Waals surface area contributed by atoms with Crippen LogP contribution in [0.3, 0.4) is 0 Å². The minimum atomic E-state index is -0.194. The molecule has 1 fully saturated rings. The number of nitrogens with two attached hydrogens (primary N) is 1. The van der Waals surface area contributed by atoms with Crippen LogP contribution in [0.15, 0.2) is 6.07 Å². The molecular weight excluding hydrogens is 272 g/mol. The Morgan fingerprint density at radius 1 is 1.55 bits per heavy atom. The third-order valence-corrected chi connectivity index (χ3v) is 5.45. The predicted octanol–water partition coefficient (Wildman–Crippen LogP) is 1.94. The van der Waals surface area contributed by atoms with Crippen LogP contribution < -0.4 is 11.1 Å². The SMILES string of the molecule is Cc1nn(C)c2sc(C(=O)NC3(CN)CCCC3)cc12. The molecule has 1 aliphatic rings. The molecule has 1 aliphatic carbocycles. The van der Waals surface area contributed by atoms with E-state index < -0.39 is 0 Å². The molecule has 3 N–H and O–H groups in total. The first kappa shape index (κ1) is 13.6. The second-order valence-corrected chi connectivity index (χ2v) is 6.71. The first-order chi connectivity index (χ1) is 9.54. The molecular formula is C14H20N4OS. The molecule has 0 spiro atoms. The second kappa shape index (κ2) is 4.86. The van der Waals surface area contributed by atoms with E-state index in [9.17, 15) is 4.79 Å². The summed E-state index contributed by atoms with van der Waals surface area (Å²) in [5.41, 5.74) is 6.64. The van der Waals surface area contributed by atoms with Gasteiger partial charge in [-0.1, -0.05) is 12.8 Å². The lowest BCUT2D eigenvalue weighted by Gasteiger charge is -2.28. The maximum atomic E-state index is 12.5. The molecule has 0 aromatic carbocycles. The third kappa shape index (κ3) is 2.13. The van der Waals surface area contributed by atoms with Crippen molar-refractivity contribution in [3.8, 4) is 0 Å². The van der Waals surface area contributed by atoms with Gasteiger partial charge in [-0.3, -0.25) is 9.48 Å². The zero-order valence-corrected chi connectivity index (χ0v) is 12.7. The standard InChI is InChI=1S/C14H20N4OS/c1-9-10-7-11(20-13(10)18(2)17-9)12(19)16-14(8-15)5-3-4-6-14/h7H,3-6,8,15H2,1-2H3,(H,16,19). The Hall–Kier alpha value is -1.40. The molecule has 2 aromatic rings. The molecule has 3 rings (SSSR count). The van der Waals surface area contributed by atoms with Gasteiger partial charge in [-0.15, -0.1) is 11.3 Å². The zero-order chi connectivity index (χ0) is 14.3. The molecule has 1 saturated carbocycles. The first-order valence-electron chi connectivity index (χ1n) is 7.00. The number of carbonyl (C=O) groups is 1. The van der Waals surface area contributed by atoms with Crippen LogP contribution in [-0.2, 0) is 7.05 Å². The van der Waals surface area contributed by atoms with Crippen molar-refractivity contribution in [2.45, 2.75) is 38.1 Å². The Morgan fingerprint density at radius 3 is 2.85 bits per heavy atom. The normalized spacial score (nSPS) is 17.8. The number of aryl methyl sites for hydroxylation is 2. The summed E-state index contributed by atoms with van der Waals surface area (Å²) in [5.74, 6) is -0.00190. The van der Waals surface area contributed by atoms with Crippen molar-refractivity contribution in [3.63, 3.8) is 0 Å². The van der Waals surface area contributed by atoms with Crippen molar-refractivity contribution in [2.24, 2.45) is 12.8 Å². The van der Waals surface area contributed by atoms with E-state index >= 15 is 0 Å². The van der Waals surface area contributed by atoms with Crippen LogP contribution in [-0.4, -0.2) is 27.8 Å². The van der Waals surface area contributed by atoms with Gasteiger partial charge >= 0.3 is 0 Å². The smallest absolute Gasteiger partial charge is 0.261 e. The monoisotopic (exact) mass is 292 g/mol. The van der Waals surface area contributed by atoms with E-state index in [1.807, 2.05) is 24.7 Å². The minimum absolute atomic E-state index is 0.00190. The molecule has 0 bridgehead atoms. The van der Waals surface area contributed by atoms with E-state index in [2.05, 4.69) is 10.4 Å². The number of aromatic nitrogens is 2. The molecule has 0 atom stereocenters. The van der Waals surface area contributed by atoms with Gasteiger partial charge in [0.1, 0.15) is 4.83 Å². The maximum Gasteiger partial charge on any atom is 0.261 e. The summed E-state index contributed by atoms with van der Waals surface area (Å²) >= 11 is 1.49. The molecule has 108 valence electrons. The number of thiophene rings is 1. The molecule has 6 heteroatoms. The average molecular weight is 292 g/mol. The van der Waals surface area contributed by atoms with E-state index in [1.54, 1.807) is 0 Å². The summed E-state index contributed by atoms with van der Waals surface area (Å²) in [6.07, 6.45) is 4.27. The van der Waals surface area contributed by atoms with E-state index in [-0.39, 0.29) is 11.4 Å². The molecule has 20 heavy (non-hydrogen) atoms. The average Bonchev–Trinajstić information content (AvgIpc) is 3.09.